The van der Waals surface area contributed by atoms with Gasteiger partial charge in [0.05, 0.1) is 25.4 Å². The molecule has 0 aliphatic carbocycles. The van der Waals surface area contributed by atoms with Gasteiger partial charge < -0.3 is 19.5 Å². The van der Waals surface area contributed by atoms with E-state index in [-0.39, 0.29) is 28.7 Å². The van der Waals surface area contributed by atoms with Crippen LogP contribution in [-0.2, 0) is 14.3 Å². The fourth-order valence-electron chi connectivity index (χ4n) is 2.66. The summed E-state index contributed by atoms with van der Waals surface area (Å²) >= 11 is 0.990. The second kappa shape index (κ2) is 11.9. The van der Waals surface area contributed by atoms with Crippen LogP contribution in [0.1, 0.15) is 58.3 Å². The highest BCUT2D eigenvalue weighted by Gasteiger charge is 2.27. The number of amides is 1. The lowest BCUT2D eigenvalue weighted by Crippen LogP contribution is -2.13. The van der Waals surface area contributed by atoms with Crippen LogP contribution in [0.5, 0.6) is 5.75 Å². The first-order valence-electron chi connectivity index (χ1n) is 10.1. The Morgan fingerprint density at radius 3 is 2.26 bits per heavy atom. The van der Waals surface area contributed by atoms with Gasteiger partial charge in [-0.25, -0.2) is 9.59 Å². The van der Waals surface area contributed by atoms with E-state index >= 15 is 0 Å². The maximum atomic E-state index is 12.5. The Kier molecular flexibility index (Phi) is 9.27. The molecule has 8 heteroatoms. The van der Waals surface area contributed by atoms with Crippen molar-refractivity contribution in [2.24, 2.45) is 0 Å². The molecule has 0 fully saturated rings. The van der Waals surface area contributed by atoms with Crippen LogP contribution in [0.3, 0.4) is 0 Å². The van der Waals surface area contributed by atoms with E-state index in [1.54, 1.807) is 26.8 Å². The molecule has 0 aliphatic rings. The minimum atomic E-state index is -0.603. The van der Waals surface area contributed by atoms with Crippen LogP contribution in [0.4, 0.5) is 5.00 Å². The van der Waals surface area contributed by atoms with Crippen molar-refractivity contribution in [2.75, 3.05) is 25.1 Å². The van der Waals surface area contributed by atoms with Gasteiger partial charge in [0.25, 0.3) is 0 Å². The smallest absolute Gasteiger partial charge is 0.348 e. The molecule has 0 aliphatic heterocycles. The summed E-state index contributed by atoms with van der Waals surface area (Å²) in [5, 5.41) is 2.92. The molecule has 0 radical (unpaired) electrons. The van der Waals surface area contributed by atoms with Crippen molar-refractivity contribution in [1.29, 1.82) is 0 Å². The van der Waals surface area contributed by atoms with E-state index < -0.39 is 17.8 Å². The summed E-state index contributed by atoms with van der Waals surface area (Å²) in [6.07, 6.45) is 3.93. The molecule has 166 valence electrons. The Bertz CT molecular complexity index is 946. The average Bonchev–Trinajstić information content (AvgIpc) is 3.07. The summed E-state index contributed by atoms with van der Waals surface area (Å²) in [5.41, 5.74) is 1.40. The van der Waals surface area contributed by atoms with E-state index in [0.29, 0.717) is 12.2 Å². The number of nitrogens with one attached hydrogen (secondary N) is 1. The monoisotopic (exact) mass is 445 g/mol. The third-order valence-corrected chi connectivity index (χ3v) is 5.29. The molecule has 1 aromatic carbocycles. The fraction of sp³-hybridized carbons (Fsp3) is 0.348. The maximum Gasteiger partial charge on any atom is 0.348 e. The number of carbonyl (C=O) groups excluding carboxylic acids is 3. The number of rotatable bonds is 10. The van der Waals surface area contributed by atoms with Gasteiger partial charge in [0.2, 0.25) is 5.91 Å². The molecule has 0 bridgehead atoms. The first kappa shape index (κ1) is 24.1. The quantitative estimate of drug-likeness (QED) is 0.415. The van der Waals surface area contributed by atoms with Gasteiger partial charge in [0.15, 0.2) is 0 Å². The molecule has 0 unspecified atom stereocenters. The number of ether oxygens (including phenoxy) is 3. The van der Waals surface area contributed by atoms with Gasteiger partial charge in [-0.1, -0.05) is 19.1 Å². The van der Waals surface area contributed by atoms with E-state index in [1.807, 2.05) is 31.2 Å². The summed E-state index contributed by atoms with van der Waals surface area (Å²) in [5.74, 6) is -0.817. The Hall–Kier alpha value is -3.13. The normalized spacial score (nSPS) is 10.7. The third kappa shape index (κ3) is 6.68. The second-order valence-corrected chi connectivity index (χ2v) is 7.46. The van der Waals surface area contributed by atoms with Crippen molar-refractivity contribution in [3.8, 4) is 5.75 Å². The highest BCUT2D eigenvalue weighted by molar-refractivity contribution is 7.18. The van der Waals surface area contributed by atoms with Crippen molar-refractivity contribution in [2.45, 2.75) is 34.1 Å². The molecule has 0 spiro atoms. The number of hydrogen-bond donors (Lipinski definition) is 1. The van der Waals surface area contributed by atoms with Crippen LogP contribution in [0.15, 0.2) is 30.3 Å². The molecule has 1 heterocycles. The lowest BCUT2D eigenvalue weighted by atomic mass is 10.1. The van der Waals surface area contributed by atoms with E-state index in [2.05, 4.69) is 5.32 Å². The Morgan fingerprint density at radius 2 is 1.65 bits per heavy atom. The van der Waals surface area contributed by atoms with E-state index in [9.17, 15) is 14.4 Å². The summed E-state index contributed by atoms with van der Waals surface area (Å²) < 4.78 is 15.7. The van der Waals surface area contributed by atoms with Crippen molar-refractivity contribution < 1.29 is 28.6 Å². The lowest BCUT2D eigenvalue weighted by Gasteiger charge is -2.06. The summed E-state index contributed by atoms with van der Waals surface area (Å²) in [6, 6.07) is 7.35. The Morgan fingerprint density at radius 1 is 1.00 bits per heavy atom. The largest absolute Gasteiger partial charge is 0.494 e. The summed E-state index contributed by atoms with van der Waals surface area (Å²) in [4.78, 5) is 37.3. The average molecular weight is 446 g/mol. The number of esters is 2. The highest BCUT2D eigenvalue weighted by atomic mass is 32.1. The Labute approximate surface area is 186 Å². The van der Waals surface area contributed by atoms with Crippen molar-refractivity contribution >= 4 is 40.3 Å². The van der Waals surface area contributed by atoms with Crippen molar-refractivity contribution in [3.63, 3.8) is 0 Å². The predicted octanol–water partition coefficient (Wildman–Crippen LogP) is 4.85. The maximum absolute atomic E-state index is 12.5. The number of thiophene rings is 1. The van der Waals surface area contributed by atoms with Gasteiger partial charge in [-0.2, -0.15) is 0 Å². The molecule has 0 atom stereocenters. The predicted molar refractivity (Wildman–Crippen MR) is 121 cm³/mol. The van der Waals surface area contributed by atoms with Gasteiger partial charge in [0.1, 0.15) is 15.6 Å². The number of benzene rings is 1. The van der Waals surface area contributed by atoms with Crippen molar-refractivity contribution in [3.05, 3.63) is 51.9 Å². The standard InChI is InChI=1S/C23H27NO6S/c1-5-14-30-17-11-8-16(9-12-17)10-13-18(25)24-21-19(22(26)28-6-2)15(4)20(31-21)23(27)29-7-3/h8-13H,5-7,14H2,1-4H3,(H,24,25)/b13-10+. The SMILES string of the molecule is CCCOc1ccc(/C=C/C(=O)Nc2sc(C(=O)OCC)c(C)c2C(=O)OCC)cc1. The highest BCUT2D eigenvalue weighted by Crippen LogP contribution is 2.34. The minimum Gasteiger partial charge on any atom is -0.494 e. The summed E-state index contributed by atoms with van der Waals surface area (Å²) in [7, 11) is 0. The Balaban J connectivity index is 2.18. The molecule has 1 N–H and O–H groups in total. The van der Waals surface area contributed by atoms with Crippen LogP contribution in [0.2, 0.25) is 0 Å². The van der Waals surface area contributed by atoms with E-state index in [1.165, 1.54) is 6.08 Å². The zero-order valence-electron chi connectivity index (χ0n) is 18.2. The molecule has 7 nitrogen and oxygen atoms in total. The lowest BCUT2D eigenvalue weighted by molar-refractivity contribution is -0.111. The van der Waals surface area contributed by atoms with Gasteiger partial charge in [-0.15, -0.1) is 11.3 Å². The third-order valence-electron chi connectivity index (χ3n) is 4.10. The number of hydrogen-bond acceptors (Lipinski definition) is 7. The van der Waals surface area contributed by atoms with E-state index in [0.717, 1.165) is 29.1 Å². The van der Waals surface area contributed by atoms with Crippen LogP contribution < -0.4 is 10.1 Å². The number of carbonyl (C=O) groups is 3. The molecule has 0 saturated heterocycles. The molecule has 2 aromatic rings. The zero-order valence-corrected chi connectivity index (χ0v) is 19.0. The molecular weight excluding hydrogens is 418 g/mol. The first-order chi connectivity index (χ1) is 14.9. The van der Waals surface area contributed by atoms with Crippen LogP contribution in [-0.4, -0.2) is 37.7 Å². The van der Waals surface area contributed by atoms with Crippen molar-refractivity contribution in [1.82, 2.24) is 0 Å². The van der Waals surface area contributed by atoms with Crippen LogP contribution in [0, 0.1) is 6.92 Å². The van der Waals surface area contributed by atoms with Gasteiger partial charge in [-0.05, 0) is 56.5 Å². The molecule has 31 heavy (non-hydrogen) atoms. The first-order valence-corrected chi connectivity index (χ1v) is 10.9. The van der Waals surface area contributed by atoms with Crippen LogP contribution >= 0.6 is 11.3 Å². The van der Waals surface area contributed by atoms with Gasteiger partial charge in [-0.3, -0.25) is 4.79 Å². The topological polar surface area (TPSA) is 90.9 Å². The minimum absolute atomic E-state index is 0.161. The van der Waals surface area contributed by atoms with Crippen LogP contribution in [0.25, 0.3) is 6.08 Å². The molecular formula is C23H27NO6S. The van der Waals surface area contributed by atoms with E-state index in [4.69, 9.17) is 14.2 Å². The molecule has 0 saturated carbocycles. The fourth-order valence-corrected chi connectivity index (χ4v) is 3.75. The van der Waals surface area contributed by atoms with Gasteiger partial charge in [0, 0.05) is 6.08 Å². The molecule has 1 aromatic heterocycles. The summed E-state index contributed by atoms with van der Waals surface area (Å²) in [6.45, 7) is 8.07. The molecule has 1 amide bonds. The number of anilines is 1. The zero-order chi connectivity index (χ0) is 22.8. The molecule has 2 rings (SSSR count). The van der Waals surface area contributed by atoms with Gasteiger partial charge >= 0.3 is 11.9 Å². The second-order valence-electron chi connectivity index (χ2n) is 6.44.